The first-order chi connectivity index (χ1) is 6.34. The van der Waals surface area contributed by atoms with Gasteiger partial charge in [0, 0.05) is 23.6 Å². The summed E-state index contributed by atoms with van der Waals surface area (Å²) < 4.78 is 0. The van der Waals surface area contributed by atoms with E-state index in [2.05, 4.69) is 29.8 Å². The van der Waals surface area contributed by atoms with Crippen molar-refractivity contribution >= 4 is 18.3 Å². The van der Waals surface area contributed by atoms with Gasteiger partial charge in [-0.2, -0.15) is 0 Å². The molecule has 0 radical (unpaired) electrons. The molecule has 1 heterocycles. The van der Waals surface area contributed by atoms with E-state index in [-0.39, 0.29) is 0 Å². The van der Waals surface area contributed by atoms with Crippen molar-refractivity contribution in [1.29, 1.82) is 0 Å². The Morgan fingerprint density at radius 2 is 2.00 bits per heavy atom. The zero-order chi connectivity index (χ0) is 9.10. The van der Waals surface area contributed by atoms with Crippen LogP contribution in [0.2, 0.25) is 0 Å². The Balaban J connectivity index is 2.05. The fraction of sp³-hybridized carbons (Fsp3) is 0.364. The molecule has 2 heteroatoms. The fourth-order valence-corrected chi connectivity index (χ4v) is 1.74. The standard InChI is InChI=1S/C11H13NS/c13-11-5-3-9(4-6-11)8-10-2-1-7-12-10/h3-6,13H,1-2,7-8H2. The summed E-state index contributed by atoms with van der Waals surface area (Å²) in [7, 11) is 0. The van der Waals surface area contributed by atoms with Crippen molar-refractivity contribution in [2.75, 3.05) is 6.54 Å². The SMILES string of the molecule is Sc1ccc(CC2=NCCC2)cc1. The lowest BCUT2D eigenvalue weighted by atomic mass is 10.1. The fourth-order valence-electron chi connectivity index (χ4n) is 1.59. The molecule has 1 nitrogen and oxygen atoms in total. The summed E-state index contributed by atoms with van der Waals surface area (Å²) in [4.78, 5) is 5.48. The lowest BCUT2D eigenvalue weighted by molar-refractivity contribution is 0.949. The highest BCUT2D eigenvalue weighted by Crippen LogP contribution is 2.12. The maximum absolute atomic E-state index is 4.45. The van der Waals surface area contributed by atoms with Gasteiger partial charge in [-0.25, -0.2) is 0 Å². The van der Waals surface area contributed by atoms with E-state index in [0.717, 1.165) is 17.9 Å². The van der Waals surface area contributed by atoms with Gasteiger partial charge in [-0.15, -0.1) is 12.6 Å². The minimum Gasteiger partial charge on any atom is -0.294 e. The summed E-state index contributed by atoms with van der Waals surface area (Å²) in [5.74, 6) is 0. The molecule has 13 heavy (non-hydrogen) atoms. The molecule has 0 aliphatic carbocycles. The summed E-state index contributed by atoms with van der Waals surface area (Å²) in [5, 5.41) is 0. The van der Waals surface area contributed by atoms with Gasteiger partial charge in [0.2, 0.25) is 0 Å². The van der Waals surface area contributed by atoms with Crippen molar-refractivity contribution < 1.29 is 0 Å². The minimum absolute atomic E-state index is 1.02. The molecule has 0 saturated heterocycles. The van der Waals surface area contributed by atoms with E-state index in [1.807, 2.05) is 12.1 Å². The highest BCUT2D eigenvalue weighted by Gasteiger charge is 2.06. The van der Waals surface area contributed by atoms with Gasteiger partial charge in [-0.3, -0.25) is 4.99 Å². The summed E-state index contributed by atoms with van der Waals surface area (Å²) >= 11 is 4.25. The Morgan fingerprint density at radius 3 is 2.62 bits per heavy atom. The lowest BCUT2D eigenvalue weighted by Gasteiger charge is -2.00. The van der Waals surface area contributed by atoms with Gasteiger partial charge >= 0.3 is 0 Å². The maximum atomic E-state index is 4.45. The van der Waals surface area contributed by atoms with Crippen molar-refractivity contribution in [1.82, 2.24) is 0 Å². The molecule has 0 unspecified atom stereocenters. The van der Waals surface area contributed by atoms with E-state index < -0.39 is 0 Å². The molecule has 0 atom stereocenters. The third-order valence-electron chi connectivity index (χ3n) is 2.30. The Labute approximate surface area is 84.3 Å². The molecule has 0 saturated carbocycles. The molecule has 0 spiro atoms. The normalized spacial score (nSPS) is 15.9. The van der Waals surface area contributed by atoms with E-state index >= 15 is 0 Å². The van der Waals surface area contributed by atoms with E-state index in [0.29, 0.717) is 0 Å². The number of rotatable bonds is 2. The number of aliphatic imine (C=N–C) groups is 1. The monoisotopic (exact) mass is 191 g/mol. The van der Waals surface area contributed by atoms with Crippen LogP contribution in [0.25, 0.3) is 0 Å². The van der Waals surface area contributed by atoms with Crippen molar-refractivity contribution in [3.63, 3.8) is 0 Å². The van der Waals surface area contributed by atoms with Crippen LogP contribution in [0.4, 0.5) is 0 Å². The first-order valence-electron chi connectivity index (χ1n) is 4.65. The van der Waals surface area contributed by atoms with Crippen molar-refractivity contribution in [3.05, 3.63) is 29.8 Å². The average molecular weight is 191 g/mol. The molecular weight excluding hydrogens is 178 g/mol. The van der Waals surface area contributed by atoms with Gasteiger partial charge in [-0.1, -0.05) is 12.1 Å². The van der Waals surface area contributed by atoms with Crippen LogP contribution in [0.1, 0.15) is 18.4 Å². The lowest BCUT2D eigenvalue weighted by Crippen LogP contribution is -1.98. The van der Waals surface area contributed by atoms with Gasteiger partial charge < -0.3 is 0 Å². The number of benzene rings is 1. The Morgan fingerprint density at radius 1 is 1.23 bits per heavy atom. The van der Waals surface area contributed by atoms with E-state index in [9.17, 15) is 0 Å². The minimum atomic E-state index is 1.02. The Bertz CT molecular complexity index is 313. The summed E-state index contributed by atoms with van der Waals surface area (Å²) in [5.41, 5.74) is 2.70. The van der Waals surface area contributed by atoms with Gasteiger partial charge in [0.05, 0.1) is 0 Å². The zero-order valence-corrected chi connectivity index (χ0v) is 8.43. The molecule has 1 aromatic carbocycles. The molecule has 1 aliphatic heterocycles. The van der Waals surface area contributed by atoms with Crippen LogP contribution in [0, 0.1) is 0 Å². The van der Waals surface area contributed by atoms with Crippen LogP contribution in [0.15, 0.2) is 34.2 Å². The summed E-state index contributed by atoms with van der Waals surface area (Å²) in [6, 6.07) is 8.33. The zero-order valence-electron chi connectivity index (χ0n) is 7.53. The van der Waals surface area contributed by atoms with Crippen LogP contribution in [-0.2, 0) is 6.42 Å². The van der Waals surface area contributed by atoms with Gasteiger partial charge in [-0.05, 0) is 30.5 Å². The highest BCUT2D eigenvalue weighted by molar-refractivity contribution is 7.80. The summed E-state index contributed by atoms with van der Waals surface area (Å²) in [6.07, 6.45) is 3.44. The third-order valence-corrected chi connectivity index (χ3v) is 2.60. The average Bonchev–Trinajstić information content (AvgIpc) is 2.62. The molecule has 1 aromatic rings. The highest BCUT2D eigenvalue weighted by atomic mass is 32.1. The van der Waals surface area contributed by atoms with Crippen molar-refractivity contribution in [2.45, 2.75) is 24.2 Å². The topological polar surface area (TPSA) is 12.4 Å². The molecule has 0 aromatic heterocycles. The van der Waals surface area contributed by atoms with Crippen LogP contribution >= 0.6 is 12.6 Å². The van der Waals surface area contributed by atoms with E-state index in [4.69, 9.17) is 0 Å². The molecule has 68 valence electrons. The van der Waals surface area contributed by atoms with Crippen molar-refractivity contribution in [2.24, 2.45) is 4.99 Å². The predicted molar refractivity (Wildman–Crippen MR) is 58.9 cm³/mol. The van der Waals surface area contributed by atoms with Crippen LogP contribution < -0.4 is 0 Å². The molecule has 0 amide bonds. The molecule has 0 fully saturated rings. The van der Waals surface area contributed by atoms with Crippen molar-refractivity contribution in [3.8, 4) is 0 Å². The largest absolute Gasteiger partial charge is 0.294 e. The number of hydrogen-bond donors (Lipinski definition) is 1. The maximum Gasteiger partial charge on any atom is 0.0392 e. The molecule has 2 rings (SSSR count). The number of thiol groups is 1. The number of hydrogen-bond acceptors (Lipinski definition) is 2. The second kappa shape index (κ2) is 3.97. The smallest absolute Gasteiger partial charge is 0.0392 e. The first-order valence-corrected chi connectivity index (χ1v) is 5.09. The van der Waals surface area contributed by atoms with Gasteiger partial charge in [0.25, 0.3) is 0 Å². The molecule has 0 N–H and O–H groups in total. The Kier molecular flexibility index (Phi) is 2.69. The predicted octanol–water partition coefficient (Wildman–Crippen LogP) is 2.75. The quantitative estimate of drug-likeness (QED) is 0.690. The second-order valence-electron chi connectivity index (χ2n) is 3.39. The van der Waals surface area contributed by atoms with E-state index in [1.165, 1.54) is 24.1 Å². The van der Waals surface area contributed by atoms with Gasteiger partial charge in [0.1, 0.15) is 0 Å². The van der Waals surface area contributed by atoms with Crippen LogP contribution in [0.3, 0.4) is 0 Å². The first kappa shape index (κ1) is 8.82. The molecule has 0 bridgehead atoms. The number of nitrogens with zero attached hydrogens (tertiary/aromatic N) is 1. The second-order valence-corrected chi connectivity index (χ2v) is 3.91. The van der Waals surface area contributed by atoms with Crippen LogP contribution in [0.5, 0.6) is 0 Å². The summed E-state index contributed by atoms with van der Waals surface area (Å²) in [6.45, 7) is 1.03. The van der Waals surface area contributed by atoms with Gasteiger partial charge in [0.15, 0.2) is 0 Å². The van der Waals surface area contributed by atoms with Crippen LogP contribution in [-0.4, -0.2) is 12.3 Å². The molecular formula is C11H13NS. The Hall–Kier alpha value is -0.760. The van der Waals surface area contributed by atoms with E-state index in [1.54, 1.807) is 0 Å². The third kappa shape index (κ3) is 2.34. The molecule has 1 aliphatic rings.